The van der Waals surface area contributed by atoms with Crippen molar-refractivity contribution in [2.45, 2.75) is 37.8 Å². The van der Waals surface area contributed by atoms with Crippen LogP contribution in [0.4, 0.5) is 0 Å². The van der Waals surface area contributed by atoms with Gasteiger partial charge in [0.05, 0.1) is 6.10 Å². The SMILES string of the molecule is Cn1ncnc1CC(O)C1CCCCN1. The van der Waals surface area contributed by atoms with Gasteiger partial charge in [0.1, 0.15) is 12.2 Å². The van der Waals surface area contributed by atoms with Gasteiger partial charge in [-0.05, 0) is 19.4 Å². The van der Waals surface area contributed by atoms with Gasteiger partial charge in [0.15, 0.2) is 0 Å². The van der Waals surface area contributed by atoms with Crippen LogP contribution >= 0.6 is 0 Å². The van der Waals surface area contributed by atoms with E-state index < -0.39 is 0 Å². The van der Waals surface area contributed by atoms with Crippen LogP contribution in [0.15, 0.2) is 6.33 Å². The zero-order valence-electron chi connectivity index (χ0n) is 9.06. The minimum Gasteiger partial charge on any atom is -0.391 e. The van der Waals surface area contributed by atoms with Crippen molar-refractivity contribution in [1.29, 1.82) is 0 Å². The fourth-order valence-corrected chi connectivity index (χ4v) is 2.04. The second-order valence-electron chi connectivity index (χ2n) is 4.13. The normalized spacial score (nSPS) is 24.0. The predicted octanol–water partition coefficient (Wildman–Crippen LogP) is -0.139. The lowest BCUT2D eigenvalue weighted by Crippen LogP contribution is -2.44. The number of nitrogens with one attached hydrogen (secondary N) is 1. The minimum absolute atomic E-state index is 0.218. The molecule has 0 radical (unpaired) electrons. The first-order valence-corrected chi connectivity index (χ1v) is 5.51. The van der Waals surface area contributed by atoms with E-state index >= 15 is 0 Å². The maximum Gasteiger partial charge on any atom is 0.138 e. The topological polar surface area (TPSA) is 63.0 Å². The number of aromatic nitrogens is 3. The molecule has 2 atom stereocenters. The van der Waals surface area contributed by atoms with Crippen LogP contribution in [0.2, 0.25) is 0 Å². The average molecular weight is 210 g/mol. The molecule has 1 aliphatic rings. The number of hydrogen-bond donors (Lipinski definition) is 2. The quantitative estimate of drug-likeness (QED) is 0.729. The van der Waals surface area contributed by atoms with E-state index in [0.29, 0.717) is 6.42 Å². The summed E-state index contributed by atoms with van der Waals surface area (Å²) in [6.45, 7) is 1.01. The van der Waals surface area contributed by atoms with Crippen LogP contribution in [0, 0.1) is 0 Å². The zero-order valence-corrected chi connectivity index (χ0v) is 9.06. The van der Waals surface area contributed by atoms with E-state index in [9.17, 15) is 5.11 Å². The van der Waals surface area contributed by atoms with Gasteiger partial charge in [-0.1, -0.05) is 6.42 Å². The molecule has 15 heavy (non-hydrogen) atoms. The second-order valence-corrected chi connectivity index (χ2v) is 4.13. The van der Waals surface area contributed by atoms with Crippen LogP contribution in [0.25, 0.3) is 0 Å². The Morgan fingerprint density at radius 3 is 3.13 bits per heavy atom. The first-order chi connectivity index (χ1) is 7.27. The smallest absolute Gasteiger partial charge is 0.138 e. The molecule has 1 aliphatic heterocycles. The molecule has 1 saturated heterocycles. The Morgan fingerprint density at radius 2 is 2.53 bits per heavy atom. The molecule has 5 heteroatoms. The Labute approximate surface area is 89.5 Å². The molecular formula is C10H18N4O. The number of hydrogen-bond acceptors (Lipinski definition) is 4. The molecule has 0 amide bonds. The molecule has 0 aliphatic carbocycles. The van der Waals surface area contributed by atoms with Gasteiger partial charge in [0.2, 0.25) is 0 Å². The van der Waals surface area contributed by atoms with E-state index in [0.717, 1.165) is 18.8 Å². The molecular weight excluding hydrogens is 192 g/mol. The molecule has 2 heterocycles. The number of rotatable bonds is 3. The van der Waals surface area contributed by atoms with Crippen molar-refractivity contribution < 1.29 is 5.11 Å². The molecule has 0 aromatic carbocycles. The van der Waals surface area contributed by atoms with E-state index in [2.05, 4.69) is 15.4 Å². The van der Waals surface area contributed by atoms with Gasteiger partial charge < -0.3 is 10.4 Å². The summed E-state index contributed by atoms with van der Waals surface area (Å²) in [5.74, 6) is 0.842. The van der Waals surface area contributed by atoms with Gasteiger partial charge in [-0.25, -0.2) is 4.98 Å². The lowest BCUT2D eigenvalue weighted by molar-refractivity contribution is 0.110. The fourth-order valence-electron chi connectivity index (χ4n) is 2.04. The fraction of sp³-hybridized carbons (Fsp3) is 0.800. The van der Waals surface area contributed by atoms with Crippen LogP contribution < -0.4 is 5.32 Å². The summed E-state index contributed by atoms with van der Waals surface area (Å²) in [7, 11) is 1.85. The zero-order chi connectivity index (χ0) is 10.7. The van der Waals surface area contributed by atoms with Crippen molar-refractivity contribution in [3.63, 3.8) is 0 Å². The van der Waals surface area contributed by atoms with Crippen molar-refractivity contribution in [1.82, 2.24) is 20.1 Å². The third kappa shape index (κ3) is 2.54. The summed E-state index contributed by atoms with van der Waals surface area (Å²) >= 11 is 0. The van der Waals surface area contributed by atoms with Gasteiger partial charge in [-0.2, -0.15) is 5.10 Å². The molecule has 1 aromatic heterocycles. The van der Waals surface area contributed by atoms with Crippen LogP contribution in [-0.2, 0) is 13.5 Å². The van der Waals surface area contributed by atoms with Gasteiger partial charge in [0, 0.05) is 19.5 Å². The van der Waals surface area contributed by atoms with E-state index in [4.69, 9.17) is 0 Å². The maximum atomic E-state index is 10.0. The van der Waals surface area contributed by atoms with Crippen LogP contribution in [0.5, 0.6) is 0 Å². The number of nitrogens with zero attached hydrogens (tertiary/aromatic N) is 3. The van der Waals surface area contributed by atoms with Crippen LogP contribution in [0.3, 0.4) is 0 Å². The number of aliphatic hydroxyl groups is 1. The number of aryl methyl sites for hydroxylation is 1. The first kappa shape index (κ1) is 10.6. The van der Waals surface area contributed by atoms with E-state index in [1.54, 1.807) is 4.68 Å². The first-order valence-electron chi connectivity index (χ1n) is 5.51. The van der Waals surface area contributed by atoms with Crippen molar-refractivity contribution >= 4 is 0 Å². The van der Waals surface area contributed by atoms with Crippen LogP contribution in [-0.4, -0.2) is 38.6 Å². The summed E-state index contributed by atoms with van der Waals surface area (Å²) in [6, 6.07) is 0.218. The molecule has 0 saturated carbocycles. The van der Waals surface area contributed by atoms with Crippen molar-refractivity contribution in [2.24, 2.45) is 7.05 Å². The summed E-state index contributed by atoms with van der Waals surface area (Å²) in [4.78, 5) is 4.11. The minimum atomic E-state index is -0.354. The molecule has 2 unspecified atom stereocenters. The van der Waals surface area contributed by atoms with Crippen molar-refractivity contribution in [3.05, 3.63) is 12.2 Å². The molecule has 2 N–H and O–H groups in total. The summed E-state index contributed by atoms with van der Waals surface area (Å²) in [5, 5.41) is 17.4. The molecule has 2 rings (SSSR count). The van der Waals surface area contributed by atoms with Gasteiger partial charge in [-0.3, -0.25) is 4.68 Å². The maximum absolute atomic E-state index is 10.0. The standard InChI is InChI=1S/C10H18N4O/c1-14-10(12-7-13-14)6-9(15)8-4-2-3-5-11-8/h7-9,11,15H,2-6H2,1H3. The highest BCUT2D eigenvalue weighted by Crippen LogP contribution is 2.12. The Balaban J connectivity index is 1.91. The van der Waals surface area contributed by atoms with Gasteiger partial charge in [0.25, 0.3) is 0 Å². The largest absolute Gasteiger partial charge is 0.391 e. The Kier molecular flexibility index (Phi) is 3.33. The van der Waals surface area contributed by atoms with E-state index in [1.165, 1.54) is 19.2 Å². The van der Waals surface area contributed by atoms with Gasteiger partial charge >= 0.3 is 0 Å². The third-order valence-corrected chi connectivity index (χ3v) is 3.01. The molecule has 0 bridgehead atoms. The van der Waals surface area contributed by atoms with Gasteiger partial charge in [-0.15, -0.1) is 0 Å². The van der Waals surface area contributed by atoms with Crippen molar-refractivity contribution in [3.8, 4) is 0 Å². The lowest BCUT2D eigenvalue weighted by atomic mass is 9.98. The highest BCUT2D eigenvalue weighted by atomic mass is 16.3. The third-order valence-electron chi connectivity index (χ3n) is 3.01. The van der Waals surface area contributed by atoms with E-state index in [1.807, 2.05) is 7.05 Å². The number of piperidine rings is 1. The summed E-state index contributed by atoms with van der Waals surface area (Å²) < 4.78 is 1.71. The second kappa shape index (κ2) is 4.72. The summed E-state index contributed by atoms with van der Waals surface area (Å²) in [6.07, 6.45) is 5.22. The molecule has 84 valence electrons. The van der Waals surface area contributed by atoms with E-state index in [-0.39, 0.29) is 12.1 Å². The average Bonchev–Trinajstić information content (AvgIpc) is 2.66. The Hall–Kier alpha value is -0.940. The molecule has 0 spiro atoms. The lowest BCUT2D eigenvalue weighted by Gasteiger charge is -2.27. The predicted molar refractivity (Wildman–Crippen MR) is 56.4 cm³/mol. The number of aliphatic hydroxyl groups excluding tert-OH is 1. The Morgan fingerprint density at radius 1 is 1.67 bits per heavy atom. The molecule has 5 nitrogen and oxygen atoms in total. The Bertz CT molecular complexity index is 306. The van der Waals surface area contributed by atoms with Crippen LogP contribution in [0.1, 0.15) is 25.1 Å². The summed E-state index contributed by atoms with van der Waals surface area (Å²) in [5.41, 5.74) is 0. The monoisotopic (exact) mass is 210 g/mol. The highest BCUT2D eigenvalue weighted by molar-refractivity contribution is 4.91. The molecule has 1 aromatic rings. The molecule has 1 fully saturated rings. The highest BCUT2D eigenvalue weighted by Gasteiger charge is 2.22. The van der Waals surface area contributed by atoms with Crippen molar-refractivity contribution in [2.75, 3.05) is 6.54 Å².